The minimum absolute atomic E-state index is 0.106. The monoisotopic (exact) mass is 279 g/mol. The molecule has 0 radical (unpaired) electrons. The standard InChI is InChI=1S/C17H23F2N/c1-11(16-9-13-4-7-15(16)8-13)20-10-12-2-5-14(6-3-12)17(18)19/h2-3,5-6,11,13,15-17,20H,4,7-10H2,1H3. The molecule has 4 atom stereocenters. The van der Waals surface area contributed by atoms with E-state index in [0.29, 0.717) is 6.04 Å². The van der Waals surface area contributed by atoms with Gasteiger partial charge >= 0.3 is 0 Å². The van der Waals surface area contributed by atoms with Gasteiger partial charge in [-0.2, -0.15) is 0 Å². The van der Waals surface area contributed by atoms with E-state index in [9.17, 15) is 8.78 Å². The molecule has 2 saturated carbocycles. The van der Waals surface area contributed by atoms with Crippen LogP contribution in [-0.4, -0.2) is 6.04 Å². The molecule has 2 aliphatic rings. The van der Waals surface area contributed by atoms with Crippen molar-refractivity contribution >= 4 is 0 Å². The third kappa shape index (κ3) is 2.88. The van der Waals surface area contributed by atoms with Crippen LogP contribution in [0.1, 0.15) is 50.2 Å². The fourth-order valence-corrected chi connectivity index (χ4v) is 4.12. The third-order valence-electron chi connectivity index (χ3n) is 5.29. The Morgan fingerprint density at radius 3 is 2.45 bits per heavy atom. The van der Waals surface area contributed by atoms with E-state index in [4.69, 9.17) is 0 Å². The first-order valence-electron chi connectivity index (χ1n) is 7.74. The first-order valence-corrected chi connectivity index (χ1v) is 7.74. The molecule has 1 aromatic rings. The van der Waals surface area contributed by atoms with Gasteiger partial charge in [-0.1, -0.05) is 30.7 Å². The van der Waals surface area contributed by atoms with E-state index in [1.165, 1.54) is 37.8 Å². The van der Waals surface area contributed by atoms with Crippen LogP contribution in [0.4, 0.5) is 8.78 Å². The average Bonchev–Trinajstić information content (AvgIpc) is 3.08. The molecule has 3 rings (SSSR count). The molecule has 0 saturated heterocycles. The molecule has 1 N–H and O–H groups in total. The smallest absolute Gasteiger partial charge is 0.263 e. The number of rotatable bonds is 5. The highest BCUT2D eigenvalue weighted by Crippen LogP contribution is 2.49. The largest absolute Gasteiger partial charge is 0.310 e. The molecule has 0 heterocycles. The van der Waals surface area contributed by atoms with Crippen LogP contribution >= 0.6 is 0 Å². The lowest BCUT2D eigenvalue weighted by atomic mass is 9.84. The minimum atomic E-state index is -2.37. The first-order chi connectivity index (χ1) is 9.63. The van der Waals surface area contributed by atoms with Gasteiger partial charge in [-0.3, -0.25) is 0 Å². The summed E-state index contributed by atoms with van der Waals surface area (Å²) in [6, 6.07) is 7.21. The van der Waals surface area contributed by atoms with Crippen molar-refractivity contribution in [3.63, 3.8) is 0 Å². The zero-order valence-corrected chi connectivity index (χ0v) is 12.0. The highest BCUT2D eigenvalue weighted by Gasteiger charge is 2.41. The van der Waals surface area contributed by atoms with Crippen molar-refractivity contribution in [1.82, 2.24) is 5.32 Å². The van der Waals surface area contributed by atoms with Gasteiger partial charge in [0.2, 0.25) is 0 Å². The maximum atomic E-state index is 12.5. The second-order valence-electron chi connectivity index (χ2n) is 6.55. The van der Waals surface area contributed by atoms with Gasteiger partial charge in [-0.15, -0.1) is 0 Å². The predicted octanol–water partition coefficient (Wildman–Crippen LogP) is 4.54. The number of hydrogen-bond donors (Lipinski definition) is 1. The van der Waals surface area contributed by atoms with Crippen molar-refractivity contribution in [2.45, 2.75) is 51.6 Å². The summed E-state index contributed by atoms with van der Waals surface area (Å²) < 4.78 is 25.0. The Kier molecular flexibility index (Phi) is 4.06. The van der Waals surface area contributed by atoms with Crippen molar-refractivity contribution in [3.8, 4) is 0 Å². The lowest BCUT2D eigenvalue weighted by Gasteiger charge is -2.28. The second-order valence-corrected chi connectivity index (χ2v) is 6.55. The van der Waals surface area contributed by atoms with Crippen molar-refractivity contribution in [3.05, 3.63) is 35.4 Å². The van der Waals surface area contributed by atoms with Crippen LogP contribution in [0.25, 0.3) is 0 Å². The van der Waals surface area contributed by atoms with E-state index in [1.54, 1.807) is 0 Å². The summed E-state index contributed by atoms with van der Waals surface area (Å²) in [6.07, 6.45) is 3.28. The van der Waals surface area contributed by atoms with Gasteiger partial charge in [0.25, 0.3) is 6.43 Å². The first kappa shape index (κ1) is 14.0. The maximum absolute atomic E-state index is 12.5. The van der Waals surface area contributed by atoms with E-state index in [0.717, 1.165) is 29.9 Å². The molecule has 2 bridgehead atoms. The van der Waals surface area contributed by atoms with Crippen molar-refractivity contribution < 1.29 is 8.78 Å². The van der Waals surface area contributed by atoms with Gasteiger partial charge in [-0.25, -0.2) is 8.78 Å². The van der Waals surface area contributed by atoms with Gasteiger partial charge in [0, 0.05) is 18.2 Å². The summed E-state index contributed by atoms with van der Waals surface area (Å²) in [5, 5.41) is 3.59. The Bertz CT molecular complexity index is 443. The molecule has 2 fully saturated rings. The fourth-order valence-electron chi connectivity index (χ4n) is 4.12. The van der Waals surface area contributed by atoms with Gasteiger partial charge in [-0.05, 0) is 49.5 Å². The summed E-state index contributed by atoms with van der Waals surface area (Å²) >= 11 is 0. The Morgan fingerprint density at radius 2 is 1.90 bits per heavy atom. The van der Waals surface area contributed by atoms with Gasteiger partial charge in [0.05, 0.1) is 0 Å². The normalized spacial score (nSPS) is 30.1. The topological polar surface area (TPSA) is 12.0 Å². The van der Waals surface area contributed by atoms with Crippen molar-refractivity contribution in [2.75, 3.05) is 0 Å². The lowest BCUT2D eigenvalue weighted by molar-refractivity contribution is 0.151. The molecule has 1 aromatic carbocycles. The molecular weight excluding hydrogens is 256 g/mol. The van der Waals surface area contributed by atoms with Crippen LogP contribution in [0.2, 0.25) is 0 Å². The highest BCUT2D eigenvalue weighted by molar-refractivity contribution is 5.23. The van der Waals surface area contributed by atoms with Crippen LogP contribution in [0.5, 0.6) is 0 Å². The van der Waals surface area contributed by atoms with Crippen LogP contribution in [-0.2, 0) is 6.54 Å². The molecule has 2 aliphatic carbocycles. The number of alkyl halides is 2. The number of fused-ring (bicyclic) bond motifs is 2. The minimum Gasteiger partial charge on any atom is -0.310 e. The Balaban J connectivity index is 1.51. The molecule has 3 heteroatoms. The third-order valence-corrected chi connectivity index (χ3v) is 5.29. The summed E-state index contributed by atoms with van der Waals surface area (Å²) in [4.78, 5) is 0. The highest BCUT2D eigenvalue weighted by atomic mass is 19.3. The maximum Gasteiger partial charge on any atom is 0.263 e. The van der Waals surface area contributed by atoms with E-state index < -0.39 is 6.43 Å². The number of benzene rings is 1. The van der Waals surface area contributed by atoms with Gasteiger partial charge in [0.1, 0.15) is 0 Å². The summed E-state index contributed by atoms with van der Waals surface area (Å²) in [5.74, 6) is 2.71. The molecule has 4 unspecified atom stereocenters. The summed E-state index contributed by atoms with van der Waals surface area (Å²) in [5.41, 5.74) is 1.19. The second kappa shape index (κ2) is 5.80. The van der Waals surface area contributed by atoms with Crippen molar-refractivity contribution in [2.24, 2.45) is 17.8 Å². The molecule has 110 valence electrons. The van der Waals surface area contributed by atoms with E-state index >= 15 is 0 Å². The molecule has 0 aromatic heterocycles. The molecule has 20 heavy (non-hydrogen) atoms. The van der Waals surface area contributed by atoms with Gasteiger partial charge < -0.3 is 5.32 Å². The lowest BCUT2D eigenvalue weighted by Crippen LogP contribution is -2.35. The number of halogens is 2. The van der Waals surface area contributed by atoms with E-state index in [2.05, 4.69) is 12.2 Å². The molecule has 1 nitrogen and oxygen atoms in total. The van der Waals surface area contributed by atoms with Crippen LogP contribution in [0, 0.1) is 17.8 Å². The summed E-state index contributed by atoms with van der Waals surface area (Å²) in [7, 11) is 0. The number of hydrogen-bond acceptors (Lipinski definition) is 1. The average molecular weight is 279 g/mol. The zero-order valence-electron chi connectivity index (χ0n) is 12.0. The quantitative estimate of drug-likeness (QED) is 0.834. The van der Waals surface area contributed by atoms with E-state index in [1.807, 2.05) is 12.1 Å². The van der Waals surface area contributed by atoms with E-state index in [-0.39, 0.29) is 5.56 Å². The van der Waals surface area contributed by atoms with Crippen LogP contribution < -0.4 is 5.32 Å². The predicted molar refractivity (Wildman–Crippen MR) is 76.6 cm³/mol. The Labute approximate surface area is 119 Å². The molecule has 0 aliphatic heterocycles. The number of nitrogens with one attached hydrogen (secondary N) is 1. The zero-order chi connectivity index (χ0) is 14.1. The van der Waals surface area contributed by atoms with Gasteiger partial charge in [0.15, 0.2) is 0 Å². The van der Waals surface area contributed by atoms with Crippen LogP contribution in [0.3, 0.4) is 0 Å². The Hall–Kier alpha value is -0.960. The molecule has 0 amide bonds. The molecule has 0 spiro atoms. The van der Waals surface area contributed by atoms with Crippen molar-refractivity contribution in [1.29, 1.82) is 0 Å². The fraction of sp³-hybridized carbons (Fsp3) is 0.647. The Morgan fingerprint density at radius 1 is 1.15 bits per heavy atom. The van der Waals surface area contributed by atoms with Crippen LogP contribution in [0.15, 0.2) is 24.3 Å². The summed E-state index contributed by atoms with van der Waals surface area (Å²) in [6.45, 7) is 3.05. The SMILES string of the molecule is CC(NCc1ccc(C(F)F)cc1)C1CC2CCC1C2. The molecular formula is C17H23F2N.